The maximum Gasteiger partial charge on any atom is 0.355 e. The van der Waals surface area contributed by atoms with E-state index in [2.05, 4.69) is 86.4 Å². The fourth-order valence-electron chi connectivity index (χ4n) is 6.24. The SMILES string of the molecule is CC(C)(C)[Si](OC[C@H]1CC[C@@H]2O[C@@H](c3nc(C(=O)O)cs3)CC[C@H]12)(c1ccccc1)c1ccccc1. The molecular formula is C29H35NO4SSi. The van der Waals surface area contributed by atoms with E-state index in [4.69, 9.17) is 9.16 Å². The van der Waals surface area contributed by atoms with Gasteiger partial charge in [-0.25, -0.2) is 9.78 Å². The fourth-order valence-corrected chi connectivity index (χ4v) is 11.7. The minimum Gasteiger partial charge on any atom is -0.476 e. The van der Waals surface area contributed by atoms with Crippen LogP contribution in [0.4, 0.5) is 0 Å². The van der Waals surface area contributed by atoms with E-state index in [1.165, 1.54) is 21.7 Å². The largest absolute Gasteiger partial charge is 0.476 e. The van der Waals surface area contributed by atoms with Gasteiger partial charge < -0.3 is 14.3 Å². The zero-order chi connectivity index (χ0) is 25.3. The van der Waals surface area contributed by atoms with Crippen LogP contribution in [-0.2, 0) is 9.16 Å². The van der Waals surface area contributed by atoms with Crippen LogP contribution in [0.3, 0.4) is 0 Å². The second-order valence-corrected chi connectivity index (χ2v) is 16.3. The van der Waals surface area contributed by atoms with Crippen LogP contribution in [0.15, 0.2) is 66.0 Å². The predicted molar refractivity (Wildman–Crippen MR) is 146 cm³/mol. The third-order valence-corrected chi connectivity index (χ3v) is 13.9. The maximum absolute atomic E-state index is 11.2. The van der Waals surface area contributed by atoms with Gasteiger partial charge in [-0.05, 0) is 52.9 Å². The van der Waals surface area contributed by atoms with Gasteiger partial charge >= 0.3 is 5.97 Å². The monoisotopic (exact) mass is 521 g/mol. The fraction of sp³-hybridized carbons (Fsp3) is 0.448. The average Bonchev–Trinajstić information content (AvgIpc) is 3.52. The summed E-state index contributed by atoms with van der Waals surface area (Å²) < 4.78 is 13.7. The molecule has 0 unspecified atom stereocenters. The molecule has 1 saturated heterocycles. The molecule has 2 aromatic carbocycles. The molecule has 36 heavy (non-hydrogen) atoms. The van der Waals surface area contributed by atoms with Gasteiger partial charge in [0.05, 0.1) is 6.10 Å². The van der Waals surface area contributed by atoms with Gasteiger partial charge in [-0.15, -0.1) is 11.3 Å². The summed E-state index contributed by atoms with van der Waals surface area (Å²) in [6.07, 6.45) is 4.15. The predicted octanol–water partition coefficient (Wildman–Crippen LogP) is 5.66. The molecular weight excluding hydrogens is 486 g/mol. The van der Waals surface area contributed by atoms with Gasteiger partial charge in [0.25, 0.3) is 8.32 Å². The zero-order valence-electron chi connectivity index (χ0n) is 21.2. The molecule has 0 bridgehead atoms. The molecule has 1 aliphatic carbocycles. The molecule has 5 nitrogen and oxygen atoms in total. The average molecular weight is 522 g/mol. The van der Waals surface area contributed by atoms with E-state index in [-0.39, 0.29) is 22.9 Å². The van der Waals surface area contributed by atoms with Crippen LogP contribution in [-0.4, -0.2) is 37.1 Å². The van der Waals surface area contributed by atoms with Crippen molar-refractivity contribution in [2.24, 2.45) is 11.8 Å². The maximum atomic E-state index is 11.2. The summed E-state index contributed by atoms with van der Waals surface area (Å²) >= 11 is 1.39. The topological polar surface area (TPSA) is 68.7 Å². The molecule has 1 aromatic heterocycles. The molecule has 1 saturated carbocycles. The minimum absolute atomic E-state index is 0.0332. The summed E-state index contributed by atoms with van der Waals surface area (Å²) in [5.41, 5.74) is 0.115. The van der Waals surface area contributed by atoms with Gasteiger partial charge in [-0.2, -0.15) is 0 Å². The number of carboxylic acids is 1. The number of thiazole rings is 1. The van der Waals surface area contributed by atoms with Crippen LogP contribution in [0.2, 0.25) is 5.04 Å². The Balaban J connectivity index is 1.35. The van der Waals surface area contributed by atoms with E-state index in [0.717, 1.165) is 37.3 Å². The summed E-state index contributed by atoms with van der Waals surface area (Å²) in [4.78, 5) is 15.5. The number of fused-ring (bicyclic) bond motifs is 1. The van der Waals surface area contributed by atoms with Crippen molar-refractivity contribution in [3.05, 3.63) is 76.7 Å². The molecule has 4 atom stereocenters. The van der Waals surface area contributed by atoms with Crippen LogP contribution in [0.5, 0.6) is 0 Å². The number of ether oxygens (including phenoxy) is 1. The lowest BCUT2D eigenvalue weighted by atomic mass is 9.87. The van der Waals surface area contributed by atoms with Crippen molar-refractivity contribution < 1.29 is 19.1 Å². The Hall–Kier alpha value is -2.32. The van der Waals surface area contributed by atoms with E-state index in [1.807, 2.05) is 0 Å². The minimum atomic E-state index is -2.55. The van der Waals surface area contributed by atoms with Gasteiger partial charge in [0.1, 0.15) is 11.1 Å². The van der Waals surface area contributed by atoms with Crippen LogP contribution in [0.25, 0.3) is 0 Å². The zero-order valence-corrected chi connectivity index (χ0v) is 23.0. The quantitative estimate of drug-likeness (QED) is 0.406. The molecule has 2 fully saturated rings. The number of carboxylic acid groups (broad SMARTS) is 1. The van der Waals surface area contributed by atoms with Gasteiger partial charge in [0.2, 0.25) is 0 Å². The van der Waals surface area contributed by atoms with E-state index in [0.29, 0.717) is 11.8 Å². The van der Waals surface area contributed by atoms with Crippen molar-refractivity contribution in [1.29, 1.82) is 0 Å². The van der Waals surface area contributed by atoms with Gasteiger partial charge in [-0.1, -0.05) is 81.4 Å². The number of benzene rings is 2. The molecule has 2 heterocycles. The number of carbonyl (C=O) groups is 1. The number of aromatic carboxylic acids is 1. The highest BCUT2D eigenvalue weighted by Crippen LogP contribution is 2.47. The highest BCUT2D eigenvalue weighted by molar-refractivity contribution is 7.09. The molecule has 2 aliphatic rings. The van der Waals surface area contributed by atoms with E-state index >= 15 is 0 Å². The van der Waals surface area contributed by atoms with Crippen molar-refractivity contribution in [2.45, 2.75) is 63.7 Å². The molecule has 190 valence electrons. The first kappa shape index (κ1) is 25.3. The van der Waals surface area contributed by atoms with Crippen LogP contribution in [0, 0.1) is 11.8 Å². The Morgan fingerprint density at radius 3 is 2.22 bits per heavy atom. The van der Waals surface area contributed by atoms with Crippen molar-refractivity contribution in [3.63, 3.8) is 0 Å². The highest BCUT2D eigenvalue weighted by atomic mass is 32.1. The molecule has 0 amide bonds. The van der Waals surface area contributed by atoms with Crippen LogP contribution in [0.1, 0.15) is 68.1 Å². The standard InChI is InChI=1S/C29H35NO4SSi/c1-29(2,3)36(21-10-6-4-7-11-21,22-12-8-5-9-13-22)33-18-20-14-16-25-23(20)15-17-26(34-25)27-30-24(19-35-27)28(31)32/h4-13,19-20,23,25-26H,14-18H2,1-3H3,(H,31,32)/t20-,23-,25+,26-/m1/s1. The lowest BCUT2D eigenvalue weighted by Gasteiger charge is -2.44. The Morgan fingerprint density at radius 1 is 1.03 bits per heavy atom. The van der Waals surface area contributed by atoms with E-state index in [9.17, 15) is 9.90 Å². The number of hydrogen-bond acceptors (Lipinski definition) is 5. The van der Waals surface area contributed by atoms with Gasteiger partial charge in [-0.3, -0.25) is 0 Å². The lowest BCUT2D eigenvalue weighted by Crippen LogP contribution is -2.67. The highest BCUT2D eigenvalue weighted by Gasteiger charge is 2.51. The number of aromatic nitrogens is 1. The van der Waals surface area contributed by atoms with Gasteiger partial charge in [0.15, 0.2) is 5.69 Å². The summed E-state index contributed by atoms with van der Waals surface area (Å²) in [6, 6.07) is 21.7. The van der Waals surface area contributed by atoms with Crippen LogP contribution < -0.4 is 10.4 Å². The first-order valence-corrected chi connectivity index (χ1v) is 15.7. The third-order valence-electron chi connectivity index (χ3n) is 7.95. The third kappa shape index (κ3) is 4.70. The summed E-state index contributed by atoms with van der Waals surface area (Å²) in [6.45, 7) is 7.71. The lowest BCUT2D eigenvalue weighted by molar-refractivity contribution is -0.0814. The van der Waals surface area contributed by atoms with Gasteiger partial charge in [0, 0.05) is 12.0 Å². The summed E-state index contributed by atoms with van der Waals surface area (Å²) in [5, 5.41) is 14.2. The second-order valence-electron chi connectivity index (χ2n) is 11.1. The van der Waals surface area contributed by atoms with Crippen molar-refractivity contribution in [3.8, 4) is 0 Å². The molecule has 0 spiro atoms. The molecule has 1 aliphatic heterocycles. The number of hydrogen-bond donors (Lipinski definition) is 1. The molecule has 1 N–H and O–H groups in total. The Morgan fingerprint density at radius 2 is 1.67 bits per heavy atom. The molecule has 5 rings (SSSR count). The Bertz CT molecular complexity index is 1140. The normalized spacial score (nSPS) is 24.4. The second kappa shape index (κ2) is 10.2. The molecule has 3 aromatic rings. The van der Waals surface area contributed by atoms with E-state index in [1.54, 1.807) is 5.38 Å². The van der Waals surface area contributed by atoms with E-state index < -0.39 is 14.3 Å². The Kier molecular flexibility index (Phi) is 7.18. The smallest absolute Gasteiger partial charge is 0.355 e. The Labute approximate surface area is 218 Å². The first-order valence-electron chi connectivity index (χ1n) is 12.9. The number of rotatable bonds is 7. The van der Waals surface area contributed by atoms with Crippen molar-refractivity contribution in [2.75, 3.05) is 6.61 Å². The van der Waals surface area contributed by atoms with Crippen molar-refractivity contribution in [1.82, 2.24) is 4.98 Å². The molecule has 0 radical (unpaired) electrons. The number of nitrogens with zero attached hydrogens (tertiary/aromatic N) is 1. The van der Waals surface area contributed by atoms with Crippen molar-refractivity contribution >= 4 is 36.0 Å². The summed E-state index contributed by atoms with van der Waals surface area (Å²) in [5.74, 6) is -0.0468. The van der Waals surface area contributed by atoms with Crippen LogP contribution >= 0.6 is 11.3 Å². The molecule has 7 heteroatoms. The summed E-state index contributed by atoms with van der Waals surface area (Å²) in [7, 11) is -2.55. The first-order chi connectivity index (χ1) is 17.3.